The lowest BCUT2D eigenvalue weighted by atomic mass is 10.2. The normalized spacial score (nSPS) is 11.1. The van der Waals surface area contributed by atoms with Crippen molar-refractivity contribution in [3.63, 3.8) is 0 Å². The van der Waals surface area contributed by atoms with Crippen molar-refractivity contribution in [1.82, 2.24) is 4.98 Å². The highest BCUT2D eigenvalue weighted by atomic mass is 32.1. The second-order valence-electron chi connectivity index (χ2n) is 5.32. The van der Waals surface area contributed by atoms with Crippen molar-refractivity contribution < 1.29 is 27.4 Å². The molecule has 0 fully saturated rings. The lowest BCUT2D eigenvalue weighted by Crippen LogP contribution is -2.17. The maximum atomic E-state index is 12.3. The lowest BCUT2D eigenvalue weighted by Gasteiger charge is -2.11. The predicted octanol–water partition coefficient (Wildman–Crippen LogP) is 4.87. The van der Waals surface area contributed by atoms with Gasteiger partial charge in [-0.3, -0.25) is 4.79 Å². The van der Waals surface area contributed by atoms with Crippen LogP contribution in [0.25, 0.3) is 0 Å². The van der Waals surface area contributed by atoms with Gasteiger partial charge in [-0.1, -0.05) is 6.07 Å². The van der Waals surface area contributed by atoms with Crippen LogP contribution in [0.1, 0.15) is 16.1 Å². The van der Waals surface area contributed by atoms with Gasteiger partial charge >= 0.3 is 6.36 Å². The number of ether oxygens (including phenoxy) is 2. The third-order valence-electron chi connectivity index (χ3n) is 3.31. The number of aromatic nitrogens is 1. The van der Waals surface area contributed by atoms with Crippen LogP contribution in [-0.4, -0.2) is 17.3 Å². The maximum absolute atomic E-state index is 12.3. The molecule has 0 spiro atoms. The van der Waals surface area contributed by atoms with E-state index < -0.39 is 18.0 Å². The number of thiazole rings is 1. The van der Waals surface area contributed by atoms with Gasteiger partial charge in [0.1, 0.15) is 18.1 Å². The number of rotatable bonds is 6. The topological polar surface area (TPSA) is 60.5 Å². The summed E-state index contributed by atoms with van der Waals surface area (Å²) in [5.74, 6) is -0.309. The summed E-state index contributed by atoms with van der Waals surface area (Å²) >= 11 is 1.47. The van der Waals surface area contributed by atoms with E-state index in [2.05, 4.69) is 15.0 Å². The summed E-state index contributed by atoms with van der Waals surface area (Å²) < 4.78 is 46.2. The zero-order valence-electron chi connectivity index (χ0n) is 13.7. The highest BCUT2D eigenvalue weighted by Crippen LogP contribution is 2.25. The fourth-order valence-corrected chi connectivity index (χ4v) is 2.69. The zero-order valence-corrected chi connectivity index (χ0v) is 14.5. The van der Waals surface area contributed by atoms with Crippen LogP contribution in [0.15, 0.2) is 59.4 Å². The standard InChI is InChI=1S/C18H13F3N2O3S/c19-18(20,21)26-16-3-1-2-13(8-16)23-17(24)12-4-6-15(7-5-12)25-9-14-10-27-11-22-14/h1-8,10-11H,9H2,(H,23,24). The Hall–Kier alpha value is -3.07. The first-order valence-electron chi connectivity index (χ1n) is 7.66. The van der Waals surface area contributed by atoms with E-state index in [4.69, 9.17) is 4.74 Å². The number of nitrogens with one attached hydrogen (secondary N) is 1. The predicted molar refractivity (Wildman–Crippen MR) is 94.0 cm³/mol. The fourth-order valence-electron chi connectivity index (χ4n) is 2.14. The van der Waals surface area contributed by atoms with E-state index in [1.165, 1.54) is 23.5 Å². The van der Waals surface area contributed by atoms with Crippen molar-refractivity contribution in [3.05, 3.63) is 70.7 Å². The Kier molecular flexibility index (Phi) is 5.60. The Morgan fingerprint density at radius 2 is 1.89 bits per heavy atom. The number of hydrogen-bond acceptors (Lipinski definition) is 5. The number of carbonyl (C=O) groups excluding carboxylic acids is 1. The van der Waals surface area contributed by atoms with Crippen LogP contribution < -0.4 is 14.8 Å². The average Bonchev–Trinajstić information content (AvgIpc) is 3.13. The molecule has 3 aromatic rings. The van der Waals surface area contributed by atoms with E-state index in [0.717, 1.165) is 17.8 Å². The van der Waals surface area contributed by atoms with Crippen molar-refractivity contribution in [2.24, 2.45) is 0 Å². The molecule has 0 bridgehead atoms. The molecule has 9 heteroatoms. The minimum Gasteiger partial charge on any atom is -0.487 e. The Morgan fingerprint density at radius 3 is 2.56 bits per heavy atom. The minimum absolute atomic E-state index is 0.186. The van der Waals surface area contributed by atoms with Crippen LogP contribution in [0, 0.1) is 0 Å². The first-order valence-corrected chi connectivity index (χ1v) is 8.60. The van der Waals surface area contributed by atoms with Gasteiger partial charge in [0, 0.05) is 22.7 Å². The Balaban J connectivity index is 1.60. The molecule has 140 valence electrons. The largest absolute Gasteiger partial charge is 0.573 e. The Labute approximate surface area is 156 Å². The molecule has 0 radical (unpaired) electrons. The number of amides is 1. The molecule has 3 rings (SSSR count). The zero-order chi connectivity index (χ0) is 19.3. The second-order valence-corrected chi connectivity index (χ2v) is 6.04. The Morgan fingerprint density at radius 1 is 1.11 bits per heavy atom. The van der Waals surface area contributed by atoms with Crippen LogP contribution in [0.2, 0.25) is 0 Å². The molecule has 0 saturated heterocycles. The van der Waals surface area contributed by atoms with Gasteiger partial charge in [0.25, 0.3) is 5.91 Å². The first kappa shape index (κ1) is 18.7. The highest BCUT2D eigenvalue weighted by Gasteiger charge is 2.31. The van der Waals surface area contributed by atoms with Gasteiger partial charge in [0.2, 0.25) is 0 Å². The first-order chi connectivity index (χ1) is 12.9. The number of carbonyl (C=O) groups is 1. The summed E-state index contributed by atoms with van der Waals surface area (Å²) in [6, 6.07) is 11.4. The van der Waals surface area contributed by atoms with Gasteiger partial charge in [-0.2, -0.15) is 0 Å². The molecule has 1 heterocycles. The van der Waals surface area contributed by atoms with E-state index in [1.54, 1.807) is 29.8 Å². The Bertz CT molecular complexity index is 897. The van der Waals surface area contributed by atoms with E-state index in [0.29, 0.717) is 17.9 Å². The summed E-state index contributed by atoms with van der Waals surface area (Å²) in [5, 5.41) is 4.40. The number of nitrogens with zero attached hydrogens (tertiary/aromatic N) is 1. The van der Waals surface area contributed by atoms with Gasteiger partial charge in [0.05, 0.1) is 11.2 Å². The molecule has 0 atom stereocenters. The van der Waals surface area contributed by atoms with Crippen molar-refractivity contribution >= 4 is 22.9 Å². The maximum Gasteiger partial charge on any atom is 0.573 e. The molecular formula is C18H13F3N2O3S. The van der Waals surface area contributed by atoms with Crippen molar-refractivity contribution in [2.75, 3.05) is 5.32 Å². The summed E-state index contributed by atoms with van der Waals surface area (Å²) in [7, 11) is 0. The molecule has 0 saturated carbocycles. The third kappa shape index (κ3) is 5.71. The van der Waals surface area contributed by atoms with Gasteiger partial charge < -0.3 is 14.8 Å². The molecule has 0 aliphatic rings. The smallest absolute Gasteiger partial charge is 0.487 e. The quantitative estimate of drug-likeness (QED) is 0.648. The van der Waals surface area contributed by atoms with E-state index in [-0.39, 0.29) is 5.69 Å². The lowest BCUT2D eigenvalue weighted by molar-refractivity contribution is -0.274. The van der Waals surface area contributed by atoms with E-state index in [9.17, 15) is 18.0 Å². The van der Waals surface area contributed by atoms with Gasteiger partial charge in [-0.05, 0) is 36.4 Å². The van der Waals surface area contributed by atoms with Gasteiger partial charge in [-0.15, -0.1) is 24.5 Å². The SMILES string of the molecule is O=C(Nc1cccc(OC(F)(F)F)c1)c1ccc(OCc2cscn2)cc1. The number of hydrogen-bond donors (Lipinski definition) is 1. The molecule has 1 N–H and O–H groups in total. The molecule has 5 nitrogen and oxygen atoms in total. The van der Waals surface area contributed by atoms with Crippen LogP contribution >= 0.6 is 11.3 Å². The van der Waals surface area contributed by atoms with Crippen molar-refractivity contribution in [1.29, 1.82) is 0 Å². The third-order valence-corrected chi connectivity index (χ3v) is 3.95. The van der Waals surface area contributed by atoms with Crippen LogP contribution in [0.3, 0.4) is 0 Å². The molecule has 1 amide bonds. The minimum atomic E-state index is -4.79. The van der Waals surface area contributed by atoms with Crippen molar-refractivity contribution in [3.8, 4) is 11.5 Å². The summed E-state index contributed by atoms with van der Waals surface area (Å²) in [6.45, 7) is 0.320. The summed E-state index contributed by atoms with van der Waals surface area (Å²) in [5.41, 5.74) is 3.03. The summed E-state index contributed by atoms with van der Waals surface area (Å²) in [4.78, 5) is 16.3. The van der Waals surface area contributed by atoms with Gasteiger partial charge in [0.15, 0.2) is 0 Å². The molecular weight excluding hydrogens is 381 g/mol. The fraction of sp³-hybridized carbons (Fsp3) is 0.111. The number of halogens is 3. The number of benzene rings is 2. The molecule has 27 heavy (non-hydrogen) atoms. The molecule has 0 aliphatic carbocycles. The summed E-state index contributed by atoms with van der Waals surface area (Å²) in [6.07, 6.45) is -4.79. The van der Waals surface area contributed by atoms with Crippen molar-refractivity contribution in [2.45, 2.75) is 13.0 Å². The average molecular weight is 394 g/mol. The monoisotopic (exact) mass is 394 g/mol. The molecule has 0 unspecified atom stereocenters. The van der Waals surface area contributed by atoms with Crippen LogP contribution in [0.4, 0.5) is 18.9 Å². The van der Waals surface area contributed by atoms with Crippen LogP contribution in [0.5, 0.6) is 11.5 Å². The van der Waals surface area contributed by atoms with E-state index >= 15 is 0 Å². The molecule has 2 aromatic carbocycles. The molecule has 0 aliphatic heterocycles. The second kappa shape index (κ2) is 8.09. The number of alkyl halides is 3. The number of anilines is 1. The molecule has 1 aromatic heterocycles. The van der Waals surface area contributed by atoms with E-state index in [1.807, 2.05) is 5.38 Å². The van der Waals surface area contributed by atoms with Crippen LogP contribution in [-0.2, 0) is 6.61 Å². The highest BCUT2D eigenvalue weighted by molar-refractivity contribution is 7.07. The van der Waals surface area contributed by atoms with Gasteiger partial charge in [-0.25, -0.2) is 4.98 Å².